The molecule has 1 aliphatic carbocycles. The Bertz CT molecular complexity index is 660. The van der Waals surface area contributed by atoms with Gasteiger partial charge in [0.05, 0.1) is 5.54 Å². The molecule has 1 aromatic rings. The molecule has 1 atom stereocenters. The van der Waals surface area contributed by atoms with E-state index >= 15 is 0 Å². The van der Waals surface area contributed by atoms with Gasteiger partial charge in [-0.05, 0) is 36.1 Å². The maximum Gasteiger partial charge on any atom is 0.265 e. The SMILES string of the molecule is N#CC1=C(O)CC2(Cc3ccc(Br)cc3C2)NC1=O. The van der Waals surface area contributed by atoms with Gasteiger partial charge in [0.25, 0.3) is 5.91 Å². The fraction of sp³-hybridized carbons (Fsp3) is 0.286. The highest BCUT2D eigenvalue weighted by Crippen LogP contribution is 2.38. The van der Waals surface area contributed by atoms with Gasteiger partial charge in [-0.25, -0.2) is 0 Å². The topological polar surface area (TPSA) is 73.1 Å². The molecule has 1 unspecified atom stereocenters. The maximum atomic E-state index is 11.9. The molecule has 0 saturated carbocycles. The predicted molar refractivity (Wildman–Crippen MR) is 72.3 cm³/mol. The van der Waals surface area contributed by atoms with Crippen LogP contribution in [0.1, 0.15) is 17.5 Å². The smallest absolute Gasteiger partial charge is 0.265 e. The molecule has 4 nitrogen and oxygen atoms in total. The Kier molecular flexibility index (Phi) is 2.64. The molecule has 0 bridgehead atoms. The third-order valence-corrected chi connectivity index (χ3v) is 4.23. The van der Waals surface area contributed by atoms with Gasteiger partial charge in [-0.15, -0.1) is 0 Å². The summed E-state index contributed by atoms with van der Waals surface area (Å²) < 4.78 is 1.00. The van der Waals surface area contributed by atoms with Crippen molar-refractivity contribution in [3.05, 3.63) is 45.1 Å². The number of aliphatic hydroxyl groups excluding tert-OH is 1. The van der Waals surface area contributed by atoms with Gasteiger partial charge in [-0.3, -0.25) is 4.79 Å². The van der Waals surface area contributed by atoms with Crippen molar-refractivity contribution in [3.63, 3.8) is 0 Å². The van der Waals surface area contributed by atoms with Gasteiger partial charge in [0.1, 0.15) is 11.8 Å². The van der Waals surface area contributed by atoms with E-state index in [9.17, 15) is 9.90 Å². The second kappa shape index (κ2) is 4.10. The summed E-state index contributed by atoms with van der Waals surface area (Å²) in [5, 5.41) is 21.6. The predicted octanol–water partition coefficient (Wildman–Crippen LogP) is 2.14. The highest BCUT2D eigenvalue weighted by Gasteiger charge is 2.43. The van der Waals surface area contributed by atoms with Crippen molar-refractivity contribution < 1.29 is 9.90 Å². The summed E-state index contributed by atoms with van der Waals surface area (Å²) in [6.07, 6.45) is 1.67. The molecule has 2 N–H and O–H groups in total. The van der Waals surface area contributed by atoms with Gasteiger partial charge in [0.15, 0.2) is 5.57 Å². The molecule has 19 heavy (non-hydrogen) atoms. The Labute approximate surface area is 118 Å². The highest BCUT2D eigenvalue weighted by atomic mass is 79.9. The third kappa shape index (κ3) is 1.92. The molecule has 1 amide bonds. The molecular formula is C14H11BrN2O2. The van der Waals surface area contributed by atoms with Crippen molar-refractivity contribution in [2.24, 2.45) is 0 Å². The number of amides is 1. The van der Waals surface area contributed by atoms with Crippen LogP contribution >= 0.6 is 15.9 Å². The van der Waals surface area contributed by atoms with E-state index in [-0.39, 0.29) is 11.3 Å². The second-order valence-electron chi connectivity index (χ2n) is 5.11. The lowest BCUT2D eigenvalue weighted by Gasteiger charge is -2.33. The summed E-state index contributed by atoms with van der Waals surface area (Å²) in [5.74, 6) is -0.573. The summed E-state index contributed by atoms with van der Waals surface area (Å²) in [5.41, 5.74) is 1.70. The largest absolute Gasteiger partial charge is 0.511 e. The molecule has 2 aliphatic rings. The minimum atomic E-state index is -0.482. The quantitative estimate of drug-likeness (QED) is 0.769. The summed E-state index contributed by atoms with van der Waals surface area (Å²) in [6.45, 7) is 0. The van der Waals surface area contributed by atoms with Crippen LogP contribution in [0, 0.1) is 11.3 Å². The number of hydrogen-bond acceptors (Lipinski definition) is 3. The third-order valence-electron chi connectivity index (χ3n) is 3.74. The van der Waals surface area contributed by atoms with Crippen LogP contribution in [0.3, 0.4) is 0 Å². The van der Waals surface area contributed by atoms with Crippen molar-refractivity contribution in [2.45, 2.75) is 24.8 Å². The fourth-order valence-electron chi connectivity index (χ4n) is 2.94. The summed E-state index contributed by atoms with van der Waals surface area (Å²) in [7, 11) is 0. The average Bonchev–Trinajstić information content (AvgIpc) is 2.65. The lowest BCUT2D eigenvalue weighted by molar-refractivity contribution is -0.120. The first-order valence-corrected chi connectivity index (χ1v) is 6.74. The highest BCUT2D eigenvalue weighted by molar-refractivity contribution is 9.10. The van der Waals surface area contributed by atoms with Gasteiger partial charge >= 0.3 is 0 Å². The van der Waals surface area contributed by atoms with E-state index in [1.54, 1.807) is 6.07 Å². The molecule has 0 fully saturated rings. The molecule has 96 valence electrons. The zero-order chi connectivity index (χ0) is 13.6. The Morgan fingerprint density at radius 2 is 2.05 bits per heavy atom. The van der Waals surface area contributed by atoms with E-state index in [2.05, 4.69) is 21.2 Å². The Hall–Kier alpha value is -1.80. The van der Waals surface area contributed by atoms with Crippen molar-refractivity contribution in [2.75, 3.05) is 0 Å². The first kappa shape index (κ1) is 12.2. The fourth-order valence-corrected chi connectivity index (χ4v) is 3.35. The van der Waals surface area contributed by atoms with Gasteiger partial charge in [-0.1, -0.05) is 22.0 Å². The van der Waals surface area contributed by atoms with Crippen molar-refractivity contribution in [1.29, 1.82) is 5.26 Å². The van der Waals surface area contributed by atoms with Gasteiger partial charge < -0.3 is 10.4 Å². The molecule has 0 aromatic heterocycles. The molecule has 1 heterocycles. The first-order chi connectivity index (χ1) is 9.03. The van der Waals surface area contributed by atoms with E-state index in [0.717, 1.165) is 4.47 Å². The normalized spacial score (nSPS) is 25.2. The lowest BCUT2D eigenvalue weighted by Crippen LogP contribution is -2.53. The molecule has 0 radical (unpaired) electrons. The Balaban J connectivity index is 1.97. The number of rotatable bonds is 0. The number of nitrogens with zero attached hydrogens (tertiary/aromatic N) is 1. The van der Waals surface area contributed by atoms with Crippen LogP contribution in [0.2, 0.25) is 0 Å². The van der Waals surface area contributed by atoms with Crippen LogP contribution in [0.25, 0.3) is 0 Å². The van der Waals surface area contributed by atoms with Gasteiger partial charge in [0.2, 0.25) is 0 Å². The average molecular weight is 319 g/mol. The lowest BCUT2D eigenvalue weighted by atomic mass is 9.86. The van der Waals surface area contributed by atoms with E-state index < -0.39 is 11.4 Å². The van der Waals surface area contributed by atoms with Crippen LogP contribution in [-0.2, 0) is 17.6 Å². The van der Waals surface area contributed by atoms with Gasteiger partial charge in [0, 0.05) is 10.9 Å². The Morgan fingerprint density at radius 3 is 2.74 bits per heavy atom. The van der Waals surface area contributed by atoms with E-state index in [1.807, 2.05) is 18.2 Å². The molecule has 0 saturated heterocycles. The van der Waals surface area contributed by atoms with Crippen molar-refractivity contribution in [1.82, 2.24) is 5.32 Å². The number of benzene rings is 1. The summed E-state index contributed by atoms with van der Waals surface area (Å²) in [6, 6.07) is 7.79. The molecule has 3 rings (SSSR count). The number of carbonyl (C=O) groups is 1. The monoisotopic (exact) mass is 318 g/mol. The molecule has 1 spiro atoms. The number of nitriles is 1. The number of fused-ring (bicyclic) bond motifs is 1. The maximum absolute atomic E-state index is 11.9. The minimum absolute atomic E-state index is 0.0990. The zero-order valence-electron chi connectivity index (χ0n) is 10.0. The molecule has 1 aliphatic heterocycles. The molecular weight excluding hydrogens is 308 g/mol. The number of halogens is 1. The Morgan fingerprint density at radius 1 is 1.32 bits per heavy atom. The van der Waals surface area contributed by atoms with Crippen molar-refractivity contribution in [3.8, 4) is 6.07 Å². The second-order valence-corrected chi connectivity index (χ2v) is 6.03. The summed E-state index contributed by atoms with van der Waals surface area (Å²) >= 11 is 3.43. The van der Waals surface area contributed by atoms with Crippen LogP contribution in [0.15, 0.2) is 34.0 Å². The van der Waals surface area contributed by atoms with Crippen LogP contribution in [-0.4, -0.2) is 16.6 Å². The number of aliphatic hydroxyl groups is 1. The van der Waals surface area contributed by atoms with Crippen molar-refractivity contribution >= 4 is 21.8 Å². The van der Waals surface area contributed by atoms with Gasteiger partial charge in [-0.2, -0.15) is 5.26 Å². The summed E-state index contributed by atoms with van der Waals surface area (Å²) in [4.78, 5) is 11.9. The van der Waals surface area contributed by atoms with Crippen LogP contribution < -0.4 is 5.32 Å². The van der Waals surface area contributed by atoms with Crippen LogP contribution in [0.5, 0.6) is 0 Å². The van der Waals surface area contributed by atoms with E-state index in [4.69, 9.17) is 5.26 Å². The minimum Gasteiger partial charge on any atom is -0.511 e. The first-order valence-electron chi connectivity index (χ1n) is 5.95. The zero-order valence-corrected chi connectivity index (χ0v) is 11.6. The van der Waals surface area contributed by atoms with Crippen LogP contribution in [0.4, 0.5) is 0 Å². The number of nitrogens with one attached hydrogen (secondary N) is 1. The molecule has 5 heteroatoms. The number of hydrogen-bond donors (Lipinski definition) is 2. The van der Waals surface area contributed by atoms with E-state index in [1.165, 1.54) is 11.1 Å². The number of carbonyl (C=O) groups excluding carboxylic acids is 1. The standard InChI is InChI=1S/C14H11BrN2O2/c15-10-2-1-8-4-14(5-9(8)3-10)6-12(18)11(7-16)13(19)17-14/h1-3,18H,4-6H2,(H,17,19). The molecule has 1 aromatic carbocycles. The van der Waals surface area contributed by atoms with E-state index in [0.29, 0.717) is 19.3 Å².